The van der Waals surface area contributed by atoms with Gasteiger partial charge in [-0.15, -0.1) is 5.10 Å². The van der Waals surface area contributed by atoms with E-state index in [1.165, 1.54) is 4.68 Å². The van der Waals surface area contributed by atoms with Crippen molar-refractivity contribution < 1.29 is 8.78 Å². The van der Waals surface area contributed by atoms with Gasteiger partial charge >= 0.3 is 0 Å². The van der Waals surface area contributed by atoms with Gasteiger partial charge in [0.2, 0.25) is 0 Å². The lowest BCUT2D eigenvalue weighted by molar-refractivity contribution is 0.0979. The highest BCUT2D eigenvalue weighted by atomic mass is 19.3. The minimum absolute atomic E-state index is 0.0977. The van der Waals surface area contributed by atoms with Crippen molar-refractivity contribution in [3.05, 3.63) is 11.9 Å². The van der Waals surface area contributed by atoms with Crippen LogP contribution >= 0.6 is 0 Å². The third-order valence-corrected chi connectivity index (χ3v) is 2.03. The summed E-state index contributed by atoms with van der Waals surface area (Å²) in [4.78, 5) is 0. The second-order valence-electron chi connectivity index (χ2n) is 3.02. The lowest BCUT2D eigenvalue weighted by Gasteiger charge is -1.94. The molecule has 2 rings (SSSR count). The first-order chi connectivity index (χ1) is 5.63. The molecule has 1 atom stereocenters. The van der Waals surface area contributed by atoms with E-state index < -0.39 is 12.0 Å². The summed E-state index contributed by atoms with van der Waals surface area (Å²) in [7, 11) is 0. The van der Waals surface area contributed by atoms with Crippen LogP contribution in [0.2, 0.25) is 0 Å². The Morgan fingerprint density at radius 3 is 2.83 bits per heavy atom. The average molecular weight is 173 g/mol. The molecule has 1 saturated carbocycles. The number of hydrogen-bond acceptors (Lipinski definition) is 2. The number of aromatic nitrogens is 3. The molecule has 1 unspecified atom stereocenters. The fourth-order valence-electron chi connectivity index (χ4n) is 1.11. The Kier molecular flexibility index (Phi) is 1.43. The third-order valence-electron chi connectivity index (χ3n) is 2.03. The summed E-state index contributed by atoms with van der Waals surface area (Å²) in [5.41, 5.74) is 0.762. The largest absolute Gasteiger partial charge is 0.272 e. The number of alkyl halides is 2. The number of aryl methyl sites for hydroxylation is 1. The maximum atomic E-state index is 12.5. The number of nitrogens with zero attached hydrogens (tertiary/aromatic N) is 3. The van der Waals surface area contributed by atoms with Crippen molar-refractivity contribution in [2.75, 3.05) is 0 Å². The molecule has 0 spiro atoms. The van der Waals surface area contributed by atoms with Crippen LogP contribution in [-0.2, 0) is 6.42 Å². The van der Waals surface area contributed by atoms with Crippen LogP contribution in [0.3, 0.4) is 0 Å². The van der Waals surface area contributed by atoms with E-state index in [0.29, 0.717) is 0 Å². The predicted molar refractivity (Wildman–Crippen MR) is 38.0 cm³/mol. The van der Waals surface area contributed by atoms with E-state index in [-0.39, 0.29) is 6.42 Å². The van der Waals surface area contributed by atoms with Gasteiger partial charge in [-0.2, -0.15) is 0 Å². The third kappa shape index (κ3) is 1.09. The molecule has 0 radical (unpaired) electrons. The van der Waals surface area contributed by atoms with Crippen LogP contribution < -0.4 is 0 Å². The molecule has 0 N–H and O–H groups in total. The van der Waals surface area contributed by atoms with Crippen molar-refractivity contribution in [1.82, 2.24) is 15.0 Å². The van der Waals surface area contributed by atoms with Crippen LogP contribution in [0, 0.1) is 0 Å². The Hall–Kier alpha value is -1.00. The van der Waals surface area contributed by atoms with Crippen molar-refractivity contribution in [1.29, 1.82) is 0 Å². The first kappa shape index (κ1) is 7.64. The Labute approximate surface area is 68.4 Å². The van der Waals surface area contributed by atoms with Gasteiger partial charge in [0, 0.05) is 12.6 Å². The minimum Gasteiger partial charge on any atom is -0.243 e. The number of rotatable bonds is 2. The second-order valence-corrected chi connectivity index (χ2v) is 3.02. The number of halogens is 2. The van der Waals surface area contributed by atoms with Crippen molar-refractivity contribution in [3.63, 3.8) is 0 Å². The summed E-state index contributed by atoms with van der Waals surface area (Å²) in [6.07, 6.45) is 2.23. The minimum atomic E-state index is -2.56. The van der Waals surface area contributed by atoms with Crippen LogP contribution in [0.25, 0.3) is 0 Å². The molecular weight excluding hydrogens is 164 g/mol. The Bertz CT molecular complexity index is 295. The van der Waals surface area contributed by atoms with Crippen molar-refractivity contribution in [2.24, 2.45) is 0 Å². The topological polar surface area (TPSA) is 30.7 Å². The van der Waals surface area contributed by atoms with Gasteiger partial charge in [0.25, 0.3) is 5.92 Å². The average Bonchev–Trinajstić information content (AvgIpc) is 2.52. The summed E-state index contributed by atoms with van der Waals surface area (Å²) in [6.45, 7) is 1.92. The molecule has 0 amide bonds. The lowest BCUT2D eigenvalue weighted by atomic mass is 10.4. The Morgan fingerprint density at radius 1 is 1.75 bits per heavy atom. The highest BCUT2D eigenvalue weighted by Gasteiger charge is 2.59. The first-order valence-corrected chi connectivity index (χ1v) is 3.92. The quantitative estimate of drug-likeness (QED) is 0.677. The van der Waals surface area contributed by atoms with Gasteiger partial charge in [-0.25, -0.2) is 13.5 Å². The molecule has 1 heterocycles. The van der Waals surface area contributed by atoms with Crippen molar-refractivity contribution in [3.8, 4) is 0 Å². The fourth-order valence-corrected chi connectivity index (χ4v) is 1.11. The summed E-state index contributed by atoms with van der Waals surface area (Å²) in [5.74, 6) is -2.56. The van der Waals surface area contributed by atoms with Crippen LogP contribution in [0.1, 0.15) is 25.1 Å². The van der Waals surface area contributed by atoms with Gasteiger partial charge in [0.05, 0.1) is 5.69 Å². The highest BCUT2D eigenvalue weighted by molar-refractivity contribution is 5.03. The number of hydrogen-bond donors (Lipinski definition) is 0. The molecule has 0 saturated heterocycles. The van der Waals surface area contributed by atoms with E-state index in [9.17, 15) is 8.78 Å². The van der Waals surface area contributed by atoms with E-state index >= 15 is 0 Å². The van der Waals surface area contributed by atoms with Gasteiger partial charge in [0.1, 0.15) is 6.04 Å². The Balaban J connectivity index is 2.15. The van der Waals surface area contributed by atoms with Gasteiger partial charge < -0.3 is 0 Å². The summed E-state index contributed by atoms with van der Waals surface area (Å²) >= 11 is 0. The molecule has 3 nitrogen and oxygen atoms in total. The summed E-state index contributed by atoms with van der Waals surface area (Å²) in [6, 6.07) is -0.745. The molecule has 12 heavy (non-hydrogen) atoms. The zero-order valence-electron chi connectivity index (χ0n) is 6.67. The van der Waals surface area contributed by atoms with Crippen LogP contribution in [0.5, 0.6) is 0 Å². The van der Waals surface area contributed by atoms with Gasteiger partial charge in [-0.3, -0.25) is 0 Å². The summed E-state index contributed by atoms with van der Waals surface area (Å²) < 4.78 is 26.3. The highest BCUT2D eigenvalue weighted by Crippen LogP contribution is 2.51. The zero-order valence-corrected chi connectivity index (χ0v) is 6.67. The SMILES string of the molecule is CCc1cn(C2CC2(F)F)nn1. The molecule has 1 aliphatic rings. The molecule has 0 bridgehead atoms. The molecular formula is C7H9F2N3. The molecule has 1 fully saturated rings. The van der Waals surface area contributed by atoms with Crippen molar-refractivity contribution >= 4 is 0 Å². The van der Waals surface area contributed by atoms with E-state index in [4.69, 9.17) is 0 Å². The zero-order chi connectivity index (χ0) is 8.77. The molecule has 66 valence electrons. The van der Waals surface area contributed by atoms with Crippen LogP contribution in [0.4, 0.5) is 8.78 Å². The second kappa shape index (κ2) is 2.24. The lowest BCUT2D eigenvalue weighted by Crippen LogP contribution is -2.02. The Morgan fingerprint density at radius 2 is 2.42 bits per heavy atom. The van der Waals surface area contributed by atoms with Gasteiger partial charge in [-0.1, -0.05) is 12.1 Å². The normalized spacial score (nSPS) is 25.8. The molecule has 1 aliphatic carbocycles. The molecule has 1 aromatic heterocycles. The standard InChI is InChI=1S/C7H9F2N3/c1-2-5-4-12(11-10-5)6-3-7(6,8)9/h4,6H,2-3H2,1H3. The van der Waals surface area contributed by atoms with E-state index in [0.717, 1.165) is 12.1 Å². The van der Waals surface area contributed by atoms with Gasteiger partial charge in [-0.05, 0) is 6.42 Å². The maximum absolute atomic E-state index is 12.5. The smallest absolute Gasteiger partial charge is 0.243 e. The fraction of sp³-hybridized carbons (Fsp3) is 0.714. The summed E-state index contributed by atoms with van der Waals surface area (Å²) in [5, 5.41) is 7.37. The molecule has 1 aromatic rings. The van der Waals surface area contributed by atoms with E-state index in [1.807, 2.05) is 6.92 Å². The van der Waals surface area contributed by atoms with Crippen LogP contribution in [0.15, 0.2) is 6.20 Å². The molecule has 0 aromatic carbocycles. The van der Waals surface area contributed by atoms with Crippen molar-refractivity contribution in [2.45, 2.75) is 31.7 Å². The van der Waals surface area contributed by atoms with Gasteiger partial charge in [0.15, 0.2) is 0 Å². The monoisotopic (exact) mass is 173 g/mol. The first-order valence-electron chi connectivity index (χ1n) is 3.92. The van der Waals surface area contributed by atoms with Crippen LogP contribution in [-0.4, -0.2) is 20.9 Å². The maximum Gasteiger partial charge on any atom is 0.272 e. The molecule has 5 heteroatoms. The van der Waals surface area contributed by atoms with E-state index in [2.05, 4.69) is 10.3 Å². The van der Waals surface area contributed by atoms with E-state index in [1.54, 1.807) is 6.20 Å². The molecule has 0 aliphatic heterocycles. The predicted octanol–water partition coefficient (Wildman–Crippen LogP) is 1.42.